The second kappa shape index (κ2) is 5.77. The number of hydrogen-bond acceptors (Lipinski definition) is 3. The van der Waals surface area contributed by atoms with Crippen LogP contribution in [0.25, 0.3) is 21.8 Å². The number of aromatic nitrogens is 2. The summed E-state index contributed by atoms with van der Waals surface area (Å²) in [6.45, 7) is 1.92. The number of nitrogens with one attached hydrogen (secondary N) is 1. The van der Waals surface area contributed by atoms with Crippen molar-refractivity contribution in [1.29, 1.82) is 0 Å². The van der Waals surface area contributed by atoms with Gasteiger partial charge in [0, 0.05) is 34.2 Å². The van der Waals surface area contributed by atoms with Crippen molar-refractivity contribution in [2.45, 2.75) is 6.92 Å². The third-order valence-corrected chi connectivity index (χ3v) is 3.36. The number of nitrogens with zero attached hydrogens (tertiary/aromatic N) is 1. The third-order valence-electron chi connectivity index (χ3n) is 3.36. The molecule has 0 amide bonds. The molecular formula is C18H16N2O2. The molecule has 0 unspecified atom stereocenters. The number of aryl methyl sites for hydroxylation is 1. The van der Waals surface area contributed by atoms with Gasteiger partial charge in [-0.3, -0.25) is 4.98 Å². The van der Waals surface area contributed by atoms with Crippen LogP contribution >= 0.6 is 0 Å². The van der Waals surface area contributed by atoms with Crippen LogP contribution in [-0.4, -0.2) is 20.2 Å². The summed E-state index contributed by atoms with van der Waals surface area (Å²) in [5, 5.41) is 20.4. The Morgan fingerprint density at radius 2 is 1.59 bits per heavy atom. The largest absolute Gasteiger partial charge is 0.504 e. The highest BCUT2D eigenvalue weighted by Crippen LogP contribution is 2.29. The number of fused-ring (bicyclic) bond motifs is 2. The van der Waals surface area contributed by atoms with E-state index >= 15 is 0 Å². The van der Waals surface area contributed by atoms with Gasteiger partial charge in [0.1, 0.15) is 0 Å². The Bertz CT molecular complexity index is 824. The van der Waals surface area contributed by atoms with E-state index < -0.39 is 0 Å². The van der Waals surface area contributed by atoms with Crippen LogP contribution in [-0.2, 0) is 0 Å². The molecule has 0 saturated carbocycles. The van der Waals surface area contributed by atoms with Crippen molar-refractivity contribution in [2.24, 2.45) is 0 Å². The molecule has 0 aliphatic carbocycles. The molecule has 22 heavy (non-hydrogen) atoms. The molecule has 2 aromatic carbocycles. The number of aromatic amines is 1. The predicted molar refractivity (Wildman–Crippen MR) is 88.1 cm³/mol. The number of aromatic hydroxyl groups is 2. The average molecular weight is 292 g/mol. The fourth-order valence-electron chi connectivity index (χ4n) is 2.32. The van der Waals surface area contributed by atoms with E-state index in [0.29, 0.717) is 0 Å². The van der Waals surface area contributed by atoms with Gasteiger partial charge in [0.2, 0.25) is 0 Å². The summed E-state index contributed by atoms with van der Waals surface area (Å²) in [6.07, 6.45) is 1.81. The zero-order valence-corrected chi connectivity index (χ0v) is 12.1. The maximum atomic E-state index is 9.16. The van der Waals surface area contributed by atoms with Gasteiger partial charge in [-0.15, -0.1) is 0 Å². The molecule has 0 aliphatic heterocycles. The number of hydrogen-bond donors (Lipinski definition) is 3. The minimum Gasteiger partial charge on any atom is -0.504 e. The predicted octanol–water partition coefficient (Wildman–Crippen LogP) is 4.12. The molecule has 0 spiro atoms. The summed E-state index contributed by atoms with van der Waals surface area (Å²) in [5.41, 5.74) is 2.91. The van der Waals surface area contributed by atoms with Gasteiger partial charge in [0.25, 0.3) is 0 Å². The second-order valence-electron chi connectivity index (χ2n) is 5.08. The maximum absolute atomic E-state index is 9.16. The van der Waals surface area contributed by atoms with Crippen molar-refractivity contribution >= 4 is 21.8 Å². The molecule has 110 valence electrons. The number of pyridine rings is 1. The molecule has 2 aromatic heterocycles. The zero-order chi connectivity index (χ0) is 15.5. The number of phenols is 2. The Hall–Kier alpha value is -3.01. The molecule has 0 radical (unpaired) electrons. The second-order valence-corrected chi connectivity index (χ2v) is 5.08. The molecule has 4 rings (SSSR count). The number of H-pyrrole nitrogens is 1. The zero-order valence-electron chi connectivity index (χ0n) is 12.1. The molecule has 4 nitrogen and oxygen atoms in total. The Kier molecular flexibility index (Phi) is 3.66. The van der Waals surface area contributed by atoms with Crippen molar-refractivity contribution in [3.8, 4) is 11.5 Å². The van der Waals surface area contributed by atoms with E-state index in [-0.39, 0.29) is 11.5 Å². The lowest BCUT2D eigenvalue weighted by molar-refractivity contribution is 0.405. The quantitative estimate of drug-likeness (QED) is 0.427. The summed E-state index contributed by atoms with van der Waals surface area (Å²) >= 11 is 0. The normalized spacial score (nSPS) is 10.4. The van der Waals surface area contributed by atoms with Gasteiger partial charge in [-0.2, -0.15) is 0 Å². The summed E-state index contributed by atoms with van der Waals surface area (Å²) in [4.78, 5) is 7.24. The fourth-order valence-corrected chi connectivity index (χ4v) is 2.32. The Morgan fingerprint density at radius 3 is 2.41 bits per heavy atom. The first kappa shape index (κ1) is 13.9. The van der Waals surface area contributed by atoms with Gasteiger partial charge in [0.05, 0.1) is 5.52 Å². The van der Waals surface area contributed by atoms with Crippen molar-refractivity contribution in [1.82, 2.24) is 9.97 Å². The standard InChI is InChI=1S/C9H9NO2.C9H7N/c1-5-2-6-3-8(11)9(12)4-7(6)10-5;1-2-6-9-8(4-1)5-3-7-10-9/h2-4,10-12H,1H3;1-7H. The van der Waals surface area contributed by atoms with Crippen molar-refractivity contribution < 1.29 is 10.2 Å². The number of phenolic OH excluding ortho intramolecular Hbond substituents is 2. The Balaban J connectivity index is 0.000000133. The van der Waals surface area contributed by atoms with Gasteiger partial charge in [0.15, 0.2) is 11.5 Å². The van der Waals surface area contributed by atoms with E-state index in [1.807, 2.05) is 43.5 Å². The first-order chi connectivity index (χ1) is 10.6. The average Bonchev–Trinajstić information content (AvgIpc) is 2.88. The molecule has 0 fully saturated rings. The lowest BCUT2D eigenvalue weighted by Gasteiger charge is -1.95. The van der Waals surface area contributed by atoms with Crippen molar-refractivity contribution in [2.75, 3.05) is 0 Å². The van der Waals surface area contributed by atoms with Crippen LogP contribution in [0.1, 0.15) is 5.69 Å². The van der Waals surface area contributed by atoms with Gasteiger partial charge in [-0.25, -0.2) is 0 Å². The summed E-state index contributed by atoms with van der Waals surface area (Å²) in [6, 6.07) is 17.0. The number of benzene rings is 2. The van der Waals surface area contributed by atoms with E-state index in [1.54, 1.807) is 0 Å². The highest BCUT2D eigenvalue weighted by atomic mass is 16.3. The van der Waals surface area contributed by atoms with Crippen LogP contribution in [0.15, 0.2) is 60.8 Å². The van der Waals surface area contributed by atoms with Crippen LogP contribution in [0, 0.1) is 6.92 Å². The van der Waals surface area contributed by atoms with Gasteiger partial charge in [-0.1, -0.05) is 24.3 Å². The van der Waals surface area contributed by atoms with Crippen molar-refractivity contribution in [3.63, 3.8) is 0 Å². The van der Waals surface area contributed by atoms with E-state index in [2.05, 4.69) is 22.1 Å². The third kappa shape index (κ3) is 2.86. The van der Waals surface area contributed by atoms with Crippen LogP contribution < -0.4 is 0 Å². The molecule has 0 saturated heterocycles. The smallest absolute Gasteiger partial charge is 0.159 e. The molecule has 3 N–H and O–H groups in total. The van der Waals surface area contributed by atoms with Crippen LogP contribution in [0.4, 0.5) is 0 Å². The van der Waals surface area contributed by atoms with Crippen LogP contribution in [0.3, 0.4) is 0 Å². The van der Waals surface area contributed by atoms with Crippen LogP contribution in [0.2, 0.25) is 0 Å². The molecule has 4 aromatic rings. The summed E-state index contributed by atoms with van der Waals surface area (Å²) in [5.74, 6) is -0.175. The first-order valence-electron chi connectivity index (χ1n) is 6.94. The van der Waals surface area contributed by atoms with Gasteiger partial charge >= 0.3 is 0 Å². The molecule has 4 heteroatoms. The molecule has 0 atom stereocenters. The number of para-hydroxylation sites is 1. The highest BCUT2D eigenvalue weighted by molar-refractivity contribution is 5.83. The molecule has 2 heterocycles. The maximum Gasteiger partial charge on any atom is 0.159 e. The fraction of sp³-hybridized carbons (Fsp3) is 0.0556. The molecule has 0 aliphatic rings. The van der Waals surface area contributed by atoms with Gasteiger partial charge < -0.3 is 15.2 Å². The molecule has 0 bridgehead atoms. The Labute approximate surface area is 127 Å². The minimum absolute atomic E-state index is 0.0819. The SMILES string of the molecule is Cc1cc2cc(O)c(O)cc2[nH]1.c1ccc2ncccc2c1. The first-order valence-corrected chi connectivity index (χ1v) is 6.94. The van der Waals surface area contributed by atoms with E-state index in [4.69, 9.17) is 10.2 Å². The number of rotatable bonds is 0. The van der Waals surface area contributed by atoms with E-state index in [0.717, 1.165) is 22.1 Å². The Morgan fingerprint density at radius 1 is 0.864 bits per heavy atom. The van der Waals surface area contributed by atoms with E-state index in [9.17, 15) is 0 Å². The lowest BCUT2D eigenvalue weighted by Crippen LogP contribution is -1.73. The lowest BCUT2D eigenvalue weighted by atomic mass is 10.2. The summed E-state index contributed by atoms with van der Waals surface area (Å²) in [7, 11) is 0. The highest BCUT2D eigenvalue weighted by Gasteiger charge is 2.03. The topological polar surface area (TPSA) is 69.1 Å². The van der Waals surface area contributed by atoms with E-state index in [1.165, 1.54) is 17.5 Å². The monoisotopic (exact) mass is 292 g/mol. The minimum atomic E-state index is -0.0932. The summed E-state index contributed by atoms with van der Waals surface area (Å²) < 4.78 is 0. The van der Waals surface area contributed by atoms with Crippen molar-refractivity contribution in [3.05, 3.63) is 66.5 Å². The molecular weight excluding hydrogens is 276 g/mol. The van der Waals surface area contributed by atoms with Crippen LogP contribution in [0.5, 0.6) is 11.5 Å². The van der Waals surface area contributed by atoms with Gasteiger partial charge in [-0.05, 0) is 31.2 Å².